The number of hydrogen-bond donors (Lipinski definition) is 1. The first-order valence-electron chi connectivity index (χ1n) is 10.8. The topological polar surface area (TPSA) is 71.4 Å². The number of amides is 1. The minimum Gasteiger partial charge on any atom is -0.343 e. The summed E-state index contributed by atoms with van der Waals surface area (Å²) in [6.45, 7) is 5.42. The van der Waals surface area contributed by atoms with Crippen molar-refractivity contribution in [2.75, 3.05) is 13.1 Å². The predicted octanol–water partition coefficient (Wildman–Crippen LogP) is 3.56. The van der Waals surface area contributed by atoms with Gasteiger partial charge in [0, 0.05) is 31.9 Å². The van der Waals surface area contributed by atoms with Gasteiger partial charge in [0.2, 0.25) is 10.0 Å². The van der Waals surface area contributed by atoms with Crippen LogP contribution in [0.3, 0.4) is 0 Å². The van der Waals surface area contributed by atoms with E-state index in [0.29, 0.717) is 17.3 Å². The number of nitrogens with one attached hydrogen (secondary N) is 1. The third kappa shape index (κ3) is 3.93. The standard InChI is InChI=1S/C23H31N3O3S/c1-16-11-13-26(14-12-16)23(27)21-15-22(17(2)25(21)3)30(28,29)24-20-10-6-8-18-7-4-5-9-19(18)20/h4-5,7,9,15-16,20,24H,6,8,10-14H2,1-3H3. The molecular formula is C23H31N3O3S. The fourth-order valence-electron chi connectivity index (χ4n) is 4.65. The summed E-state index contributed by atoms with van der Waals surface area (Å²) in [7, 11) is -1.98. The van der Waals surface area contributed by atoms with E-state index in [1.807, 2.05) is 23.1 Å². The number of carbonyl (C=O) groups is 1. The molecule has 7 heteroatoms. The Labute approximate surface area is 179 Å². The van der Waals surface area contributed by atoms with Gasteiger partial charge in [-0.3, -0.25) is 4.79 Å². The molecule has 30 heavy (non-hydrogen) atoms. The van der Waals surface area contributed by atoms with Gasteiger partial charge in [-0.1, -0.05) is 31.2 Å². The van der Waals surface area contributed by atoms with E-state index in [9.17, 15) is 13.2 Å². The molecule has 2 aliphatic rings. The second-order valence-corrected chi connectivity index (χ2v) is 10.5. The summed E-state index contributed by atoms with van der Waals surface area (Å²) in [5.41, 5.74) is 3.28. The van der Waals surface area contributed by atoms with Crippen molar-refractivity contribution < 1.29 is 13.2 Å². The maximum absolute atomic E-state index is 13.3. The molecule has 4 rings (SSSR count). The van der Waals surface area contributed by atoms with E-state index < -0.39 is 10.0 Å². The quantitative estimate of drug-likeness (QED) is 0.808. The van der Waals surface area contributed by atoms with Gasteiger partial charge >= 0.3 is 0 Å². The normalized spacial score (nSPS) is 20.2. The van der Waals surface area contributed by atoms with Crippen molar-refractivity contribution >= 4 is 15.9 Å². The Morgan fingerprint density at radius 3 is 2.57 bits per heavy atom. The van der Waals surface area contributed by atoms with Crippen molar-refractivity contribution in [2.24, 2.45) is 13.0 Å². The van der Waals surface area contributed by atoms with Crippen LogP contribution in [0.1, 0.15) is 66.0 Å². The molecule has 1 unspecified atom stereocenters. The summed E-state index contributed by atoms with van der Waals surface area (Å²) in [5.74, 6) is 0.541. The molecule has 1 aliphatic carbocycles. The average molecular weight is 430 g/mol. The lowest BCUT2D eigenvalue weighted by atomic mass is 9.88. The van der Waals surface area contributed by atoms with Gasteiger partial charge in [0.25, 0.3) is 5.91 Å². The molecule has 162 valence electrons. The van der Waals surface area contributed by atoms with Gasteiger partial charge in [-0.2, -0.15) is 0 Å². The SMILES string of the molecule is Cc1c(S(=O)(=O)NC2CCCc3ccccc32)cc(C(=O)N2CCC(C)CC2)n1C. The van der Waals surface area contributed by atoms with Gasteiger partial charge in [0.1, 0.15) is 10.6 Å². The van der Waals surface area contributed by atoms with Crippen LogP contribution in [0.25, 0.3) is 0 Å². The van der Waals surface area contributed by atoms with Gasteiger partial charge < -0.3 is 9.47 Å². The van der Waals surface area contributed by atoms with Crippen LogP contribution in [-0.4, -0.2) is 36.9 Å². The Morgan fingerprint density at radius 2 is 1.83 bits per heavy atom. The van der Waals surface area contributed by atoms with Crippen LogP contribution in [0, 0.1) is 12.8 Å². The molecule has 0 spiro atoms. The van der Waals surface area contributed by atoms with Crippen molar-refractivity contribution in [3.63, 3.8) is 0 Å². The van der Waals surface area contributed by atoms with E-state index in [-0.39, 0.29) is 16.8 Å². The van der Waals surface area contributed by atoms with Gasteiger partial charge in [-0.05, 0) is 62.1 Å². The summed E-state index contributed by atoms with van der Waals surface area (Å²) < 4.78 is 31.2. The van der Waals surface area contributed by atoms with Crippen LogP contribution < -0.4 is 4.72 Å². The van der Waals surface area contributed by atoms with Crippen LogP contribution in [0.4, 0.5) is 0 Å². The molecule has 1 amide bonds. The number of rotatable bonds is 4. The number of aryl methyl sites for hydroxylation is 1. The van der Waals surface area contributed by atoms with Crippen LogP contribution in [-0.2, 0) is 23.5 Å². The van der Waals surface area contributed by atoms with Crippen LogP contribution >= 0.6 is 0 Å². The summed E-state index contributed by atoms with van der Waals surface area (Å²) in [6, 6.07) is 9.34. The zero-order valence-electron chi connectivity index (χ0n) is 18.0. The van der Waals surface area contributed by atoms with Crippen molar-refractivity contribution in [1.29, 1.82) is 0 Å². The minimum absolute atomic E-state index is 0.0861. The molecule has 0 saturated carbocycles. The average Bonchev–Trinajstić information content (AvgIpc) is 3.04. The zero-order valence-corrected chi connectivity index (χ0v) is 18.8. The number of sulfonamides is 1. The Bertz CT molecular complexity index is 1050. The highest BCUT2D eigenvalue weighted by molar-refractivity contribution is 7.89. The number of fused-ring (bicyclic) bond motifs is 1. The van der Waals surface area contributed by atoms with Gasteiger partial charge in [0.15, 0.2) is 0 Å². The van der Waals surface area contributed by atoms with Crippen LogP contribution in [0.5, 0.6) is 0 Å². The van der Waals surface area contributed by atoms with Crippen molar-refractivity contribution in [2.45, 2.75) is 56.9 Å². The van der Waals surface area contributed by atoms with Crippen LogP contribution in [0.2, 0.25) is 0 Å². The molecule has 1 aromatic carbocycles. The first-order chi connectivity index (χ1) is 14.3. The molecule has 1 saturated heterocycles. The first kappa shape index (κ1) is 21.1. The molecule has 1 aliphatic heterocycles. The lowest BCUT2D eigenvalue weighted by Gasteiger charge is -2.30. The van der Waals surface area contributed by atoms with E-state index in [0.717, 1.165) is 50.8 Å². The van der Waals surface area contributed by atoms with E-state index in [1.165, 1.54) is 5.56 Å². The van der Waals surface area contributed by atoms with Crippen molar-refractivity contribution in [3.05, 3.63) is 52.8 Å². The Balaban J connectivity index is 1.60. The highest BCUT2D eigenvalue weighted by Gasteiger charge is 2.31. The smallest absolute Gasteiger partial charge is 0.270 e. The second kappa shape index (κ2) is 8.19. The Kier molecular flexibility index (Phi) is 5.77. The summed E-state index contributed by atoms with van der Waals surface area (Å²) in [5, 5.41) is 0. The number of nitrogens with zero attached hydrogens (tertiary/aromatic N) is 2. The van der Waals surface area contributed by atoms with E-state index >= 15 is 0 Å². The monoisotopic (exact) mass is 429 g/mol. The van der Waals surface area contributed by atoms with Crippen LogP contribution in [0.15, 0.2) is 35.2 Å². The summed E-state index contributed by atoms with van der Waals surface area (Å²) in [4.78, 5) is 15.1. The van der Waals surface area contributed by atoms with Crippen molar-refractivity contribution in [1.82, 2.24) is 14.2 Å². The number of benzene rings is 1. The van der Waals surface area contributed by atoms with Gasteiger partial charge in [0.05, 0.1) is 0 Å². The summed E-state index contributed by atoms with van der Waals surface area (Å²) in [6.07, 6.45) is 4.69. The van der Waals surface area contributed by atoms with Gasteiger partial charge in [-0.25, -0.2) is 13.1 Å². The molecule has 0 bridgehead atoms. The maximum atomic E-state index is 13.3. The third-order valence-corrected chi connectivity index (χ3v) is 8.32. The lowest BCUT2D eigenvalue weighted by molar-refractivity contribution is 0.0687. The lowest BCUT2D eigenvalue weighted by Crippen LogP contribution is -2.38. The highest BCUT2D eigenvalue weighted by atomic mass is 32.2. The number of carbonyl (C=O) groups excluding carboxylic acids is 1. The summed E-state index contributed by atoms with van der Waals surface area (Å²) >= 11 is 0. The molecule has 0 radical (unpaired) electrons. The molecular weight excluding hydrogens is 398 g/mol. The Hall–Kier alpha value is -2.12. The fraction of sp³-hybridized carbons (Fsp3) is 0.522. The second-order valence-electron chi connectivity index (χ2n) is 8.78. The molecule has 1 aromatic heterocycles. The third-order valence-electron chi connectivity index (χ3n) is 6.74. The minimum atomic E-state index is -3.75. The molecule has 1 fully saturated rings. The van der Waals surface area contributed by atoms with E-state index in [4.69, 9.17) is 0 Å². The molecule has 1 N–H and O–H groups in total. The number of aromatic nitrogens is 1. The molecule has 6 nitrogen and oxygen atoms in total. The maximum Gasteiger partial charge on any atom is 0.270 e. The molecule has 2 aromatic rings. The number of hydrogen-bond acceptors (Lipinski definition) is 3. The Morgan fingerprint density at radius 1 is 1.13 bits per heavy atom. The fourth-order valence-corrected chi connectivity index (χ4v) is 6.19. The largest absolute Gasteiger partial charge is 0.343 e. The molecule has 1 atom stereocenters. The zero-order chi connectivity index (χ0) is 21.5. The molecule has 2 heterocycles. The number of piperidine rings is 1. The highest BCUT2D eigenvalue weighted by Crippen LogP contribution is 2.32. The first-order valence-corrected chi connectivity index (χ1v) is 12.3. The van der Waals surface area contributed by atoms with Gasteiger partial charge in [-0.15, -0.1) is 0 Å². The van der Waals surface area contributed by atoms with Crippen molar-refractivity contribution in [3.8, 4) is 0 Å². The van der Waals surface area contributed by atoms with E-state index in [1.54, 1.807) is 24.6 Å². The van der Waals surface area contributed by atoms with E-state index in [2.05, 4.69) is 17.7 Å². The number of likely N-dealkylation sites (tertiary alicyclic amines) is 1. The predicted molar refractivity (Wildman–Crippen MR) is 117 cm³/mol.